The van der Waals surface area contributed by atoms with Gasteiger partial charge in [0.05, 0.1) is 11.7 Å². The van der Waals surface area contributed by atoms with Crippen LogP contribution in [0, 0.1) is 6.92 Å². The first-order valence-electron chi connectivity index (χ1n) is 9.91. The molecule has 3 rings (SSSR count). The van der Waals surface area contributed by atoms with Gasteiger partial charge in [-0.15, -0.1) is 0 Å². The maximum absolute atomic E-state index is 13.0. The van der Waals surface area contributed by atoms with Crippen molar-refractivity contribution >= 4 is 5.97 Å². The topological polar surface area (TPSA) is 61.8 Å². The predicted molar refractivity (Wildman–Crippen MR) is 110 cm³/mol. The lowest BCUT2D eigenvalue weighted by Gasteiger charge is -2.40. The number of aryl methyl sites for hydroxylation is 1. The fraction of sp³-hybridized carbons (Fsp3) is 0.435. The molecule has 0 saturated heterocycles. The standard InChI is InChI=1S/C23H30N2O3/c1-5-11-23(27,19-9-6-8-17(2)15-19)21(26)28-20-10-7-12-22(4,16-20)25-14-13-24-18(25)3/h6-10,13-16,18,24,27H,5,11-12H2,1-4H3. The van der Waals surface area contributed by atoms with E-state index < -0.39 is 11.6 Å². The molecule has 1 aromatic carbocycles. The van der Waals surface area contributed by atoms with Crippen LogP contribution in [-0.4, -0.2) is 27.7 Å². The fourth-order valence-electron chi connectivity index (χ4n) is 3.98. The average Bonchev–Trinajstić information content (AvgIpc) is 3.09. The van der Waals surface area contributed by atoms with Crippen molar-refractivity contribution < 1.29 is 14.6 Å². The van der Waals surface area contributed by atoms with Gasteiger partial charge in [0, 0.05) is 12.4 Å². The summed E-state index contributed by atoms with van der Waals surface area (Å²) in [5.74, 6) is -0.170. The number of rotatable bonds is 6. The van der Waals surface area contributed by atoms with Crippen molar-refractivity contribution in [3.8, 4) is 0 Å². The predicted octanol–water partition coefficient (Wildman–Crippen LogP) is 3.85. The third kappa shape index (κ3) is 3.85. The van der Waals surface area contributed by atoms with E-state index in [4.69, 9.17) is 4.74 Å². The van der Waals surface area contributed by atoms with Crippen LogP contribution in [0.1, 0.15) is 51.2 Å². The first kappa shape index (κ1) is 20.2. The molecule has 28 heavy (non-hydrogen) atoms. The van der Waals surface area contributed by atoms with Gasteiger partial charge in [-0.25, -0.2) is 4.79 Å². The maximum atomic E-state index is 13.0. The number of nitrogens with one attached hydrogen (secondary N) is 1. The first-order valence-corrected chi connectivity index (χ1v) is 9.91. The summed E-state index contributed by atoms with van der Waals surface area (Å²) in [5.41, 5.74) is -0.406. The molecular weight excluding hydrogens is 352 g/mol. The molecule has 0 fully saturated rings. The smallest absolute Gasteiger partial charge is 0.348 e. The molecule has 2 aliphatic rings. The second-order valence-corrected chi connectivity index (χ2v) is 7.95. The number of aliphatic hydroxyl groups is 1. The number of nitrogens with zero attached hydrogens (tertiary/aromatic N) is 1. The Hall–Kier alpha value is -2.53. The number of hydrogen-bond acceptors (Lipinski definition) is 5. The SMILES string of the molecule is CCCC(O)(C(=O)OC1=CC(C)(N2C=CNC2C)CC=C1)c1cccc(C)c1. The minimum atomic E-state index is -1.66. The van der Waals surface area contributed by atoms with Crippen molar-refractivity contribution in [3.63, 3.8) is 0 Å². The number of esters is 1. The van der Waals surface area contributed by atoms with Crippen LogP contribution in [0.25, 0.3) is 0 Å². The molecule has 0 bridgehead atoms. The number of carbonyl (C=O) groups is 1. The number of hydrogen-bond donors (Lipinski definition) is 2. The summed E-state index contributed by atoms with van der Waals surface area (Å²) in [5, 5.41) is 14.5. The van der Waals surface area contributed by atoms with E-state index in [9.17, 15) is 9.90 Å². The number of benzene rings is 1. The van der Waals surface area contributed by atoms with Gasteiger partial charge in [0.15, 0.2) is 5.60 Å². The molecule has 1 aliphatic heterocycles. The van der Waals surface area contributed by atoms with Gasteiger partial charge in [-0.1, -0.05) is 49.2 Å². The third-order valence-electron chi connectivity index (χ3n) is 5.50. The van der Waals surface area contributed by atoms with E-state index in [1.54, 1.807) is 12.1 Å². The highest BCUT2D eigenvalue weighted by Gasteiger charge is 2.40. The molecule has 0 radical (unpaired) electrons. The maximum Gasteiger partial charge on any atom is 0.348 e. The molecule has 0 amide bonds. The molecule has 1 aromatic rings. The van der Waals surface area contributed by atoms with Crippen molar-refractivity contribution in [2.24, 2.45) is 0 Å². The molecule has 0 saturated carbocycles. The van der Waals surface area contributed by atoms with Crippen molar-refractivity contribution in [1.82, 2.24) is 10.2 Å². The molecule has 1 aliphatic carbocycles. The van der Waals surface area contributed by atoms with Crippen LogP contribution in [0.5, 0.6) is 0 Å². The molecule has 150 valence electrons. The summed E-state index contributed by atoms with van der Waals surface area (Å²) >= 11 is 0. The average molecular weight is 383 g/mol. The first-order chi connectivity index (χ1) is 13.3. The fourth-order valence-corrected chi connectivity index (χ4v) is 3.98. The zero-order chi connectivity index (χ0) is 20.4. The lowest BCUT2D eigenvalue weighted by Crippen LogP contribution is -2.48. The van der Waals surface area contributed by atoms with Crippen LogP contribution < -0.4 is 5.32 Å². The van der Waals surface area contributed by atoms with Crippen LogP contribution in [-0.2, 0) is 15.1 Å². The Balaban J connectivity index is 1.85. The monoisotopic (exact) mass is 382 g/mol. The van der Waals surface area contributed by atoms with Crippen molar-refractivity contribution in [1.29, 1.82) is 0 Å². The number of carbonyl (C=O) groups excluding carboxylic acids is 1. The molecule has 3 unspecified atom stereocenters. The Morgan fingerprint density at radius 1 is 1.46 bits per heavy atom. The van der Waals surface area contributed by atoms with Gasteiger partial charge < -0.3 is 20.1 Å². The molecule has 3 atom stereocenters. The molecule has 2 N–H and O–H groups in total. The summed E-state index contributed by atoms with van der Waals surface area (Å²) in [6.45, 7) is 8.08. The van der Waals surface area contributed by atoms with Crippen LogP contribution in [0.2, 0.25) is 0 Å². The summed E-state index contributed by atoms with van der Waals surface area (Å²) in [7, 11) is 0. The van der Waals surface area contributed by atoms with Crippen LogP contribution >= 0.6 is 0 Å². The van der Waals surface area contributed by atoms with Gasteiger partial charge >= 0.3 is 5.97 Å². The lowest BCUT2D eigenvalue weighted by molar-refractivity contribution is -0.162. The van der Waals surface area contributed by atoms with E-state index in [0.717, 1.165) is 12.0 Å². The molecule has 0 spiro atoms. The van der Waals surface area contributed by atoms with E-state index in [2.05, 4.69) is 24.1 Å². The Morgan fingerprint density at radius 3 is 2.89 bits per heavy atom. The summed E-state index contributed by atoms with van der Waals surface area (Å²) < 4.78 is 5.71. The molecule has 5 heteroatoms. The van der Waals surface area contributed by atoms with E-state index in [1.165, 1.54) is 0 Å². The highest BCUT2D eigenvalue weighted by Crippen LogP contribution is 2.34. The van der Waals surface area contributed by atoms with Crippen molar-refractivity contribution in [2.75, 3.05) is 0 Å². The van der Waals surface area contributed by atoms with E-state index in [1.807, 2.05) is 56.6 Å². The van der Waals surface area contributed by atoms with Crippen molar-refractivity contribution in [3.05, 3.63) is 71.8 Å². The van der Waals surface area contributed by atoms with Gasteiger partial charge in [-0.05, 0) is 51.3 Å². The number of allylic oxidation sites excluding steroid dienone is 1. The summed E-state index contributed by atoms with van der Waals surface area (Å²) in [6, 6.07) is 7.41. The molecular formula is C23H30N2O3. The van der Waals surface area contributed by atoms with Gasteiger partial charge in [-0.2, -0.15) is 0 Å². The zero-order valence-corrected chi connectivity index (χ0v) is 17.1. The Labute approximate surface area is 167 Å². The Morgan fingerprint density at radius 2 is 2.25 bits per heavy atom. The number of ether oxygens (including phenoxy) is 1. The second-order valence-electron chi connectivity index (χ2n) is 7.95. The van der Waals surface area contributed by atoms with E-state index in [0.29, 0.717) is 24.2 Å². The minimum absolute atomic E-state index is 0.161. The zero-order valence-electron chi connectivity index (χ0n) is 17.1. The van der Waals surface area contributed by atoms with Gasteiger partial charge in [0.25, 0.3) is 0 Å². The van der Waals surface area contributed by atoms with Crippen LogP contribution in [0.4, 0.5) is 0 Å². The summed E-state index contributed by atoms with van der Waals surface area (Å²) in [4.78, 5) is 15.2. The normalized spacial score (nSPS) is 25.8. The Kier molecular flexibility index (Phi) is 5.66. The minimum Gasteiger partial charge on any atom is -0.424 e. The third-order valence-corrected chi connectivity index (χ3v) is 5.50. The quantitative estimate of drug-likeness (QED) is 0.732. The molecule has 5 nitrogen and oxygen atoms in total. The Bertz CT molecular complexity index is 829. The molecule has 0 aromatic heterocycles. The van der Waals surface area contributed by atoms with Crippen LogP contribution in [0.3, 0.4) is 0 Å². The summed E-state index contributed by atoms with van der Waals surface area (Å²) in [6.07, 6.45) is 11.6. The van der Waals surface area contributed by atoms with Gasteiger partial charge in [0.1, 0.15) is 5.76 Å². The highest BCUT2D eigenvalue weighted by atomic mass is 16.6. The largest absolute Gasteiger partial charge is 0.424 e. The molecule has 1 heterocycles. The van der Waals surface area contributed by atoms with E-state index in [-0.39, 0.29) is 11.7 Å². The second kappa shape index (κ2) is 7.84. The van der Waals surface area contributed by atoms with Crippen LogP contribution in [0.15, 0.2) is 60.7 Å². The van der Waals surface area contributed by atoms with Crippen molar-refractivity contribution in [2.45, 2.75) is 64.3 Å². The van der Waals surface area contributed by atoms with E-state index >= 15 is 0 Å². The van der Waals surface area contributed by atoms with Gasteiger partial charge in [-0.3, -0.25) is 0 Å². The van der Waals surface area contributed by atoms with Gasteiger partial charge in [0.2, 0.25) is 0 Å². The highest BCUT2D eigenvalue weighted by molar-refractivity contribution is 5.82. The lowest BCUT2D eigenvalue weighted by atomic mass is 9.88.